The zero-order valence-electron chi connectivity index (χ0n) is 12.5. The van der Waals surface area contributed by atoms with E-state index in [1.165, 1.54) is 30.4 Å². The van der Waals surface area contributed by atoms with Crippen LogP contribution >= 0.6 is 0 Å². The second-order valence-electron chi connectivity index (χ2n) is 6.13. The fourth-order valence-corrected chi connectivity index (χ4v) is 3.59. The third-order valence-corrected chi connectivity index (χ3v) is 4.79. The monoisotopic (exact) mass is 275 g/mol. The Morgan fingerprint density at radius 1 is 1.35 bits per heavy atom. The number of aliphatic hydroxyl groups is 1. The van der Waals surface area contributed by atoms with Crippen molar-refractivity contribution in [3.05, 3.63) is 29.3 Å². The van der Waals surface area contributed by atoms with Crippen molar-refractivity contribution >= 4 is 0 Å². The first kappa shape index (κ1) is 13.9. The van der Waals surface area contributed by atoms with Crippen LogP contribution in [0.25, 0.3) is 0 Å². The summed E-state index contributed by atoms with van der Waals surface area (Å²) in [7, 11) is 0. The van der Waals surface area contributed by atoms with Crippen LogP contribution in [0.1, 0.15) is 50.3 Å². The maximum absolute atomic E-state index is 10.5. The SMILES string of the molecule is CCc1ccc2c(c1)C(N1CCCCC1C)C(O)CO2. The first-order valence-electron chi connectivity index (χ1n) is 7.90. The minimum absolute atomic E-state index is 0.0977. The van der Waals surface area contributed by atoms with Crippen LogP contribution in [-0.4, -0.2) is 35.3 Å². The maximum atomic E-state index is 10.5. The Labute approximate surface area is 121 Å². The number of aliphatic hydroxyl groups excluding tert-OH is 1. The highest BCUT2D eigenvalue weighted by Gasteiger charge is 2.37. The second-order valence-corrected chi connectivity index (χ2v) is 6.13. The van der Waals surface area contributed by atoms with E-state index in [9.17, 15) is 5.11 Å². The highest BCUT2D eigenvalue weighted by molar-refractivity contribution is 5.42. The summed E-state index contributed by atoms with van der Waals surface area (Å²) in [6.07, 6.45) is 4.37. The Hall–Kier alpha value is -1.06. The molecule has 0 bridgehead atoms. The van der Waals surface area contributed by atoms with Gasteiger partial charge in [0.15, 0.2) is 0 Å². The van der Waals surface area contributed by atoms with Crippen molar-refractivity contribution in [3.63, 3.8) is 0 Å². The van der Waals surface area contributed by atoms with Gasteiger partial charge < -0.3 is 9.84 Å². The molecule has 0 radical (unpaired) electrons. The van der Waals surface area contributed by atoms with Crippen LogP contribution < -0.4 is 4.74 Å². The van der Waals surface area contributed by atoms with E-state index in [0.29, 0.717) is 12.6 Å². The lowest BCUT2D eigenvalue weighted by molar-refractivity contribution is -0.0247. The molecule has 0 spiro atoms. The molecule has 1 saturated heterocycles. The van der Waals surface area contributed by atoms with Gasteiger partial charge in [0.1, 0.15) is 18.5 Å². The van der Waals surface area contributed by atoms with Gasteiger partial charge in [-0.3, -0.25) is 4.90 Å². The Bertz CT molecular complexity index is 474. The van der Waals surface area contributed by atoms with Crippen LogP contribution in [0.5, 0.6) is 5.75 Å². The molecule has 0 amide bonds. The van der Waals surface area contributed by atoms with Crippen molar-refractivity contribution in [1.29, 1.82) is 0 Å². The van der Waals surface area contributed by atoms with E-state index in [-0.39, 0.29) is 6.04 Å². The molecule has 3 unspecified atom stereocenters. The van der Waals surface area contributed by atoms with E-state index in [1.807, 2.05) is 0 Å². The Kier molecular flexibility index (Phi) is 3.99. The highest BCUT2D eigenvalue weighted by atomic mass is 16.5. The number of benzene rings is 1. The number of fused-ring (bicyclic) bond motifs is 1. The van der Waals surface area contributed by atoms with Crippen LogP contribution in [-0.2, 0) is 6.42 Å². The summed E-state index contributed by atoms with van der Waals surface area (Å²) in [4.78, 5) is 2.48. The van der Waals surface area contributed by atoms with Gasteiger partial charge in [-0.25, -0.2) is 0 Å². The molecule has 3 heteroatoms. The highest BCUT2D eigenvalue weighted by Crippen LogP contribution is 2.39. The van der Waals surface area contributed by atoms with E-state index in [4.69, 9.17) is 4.74 Å². The van der Waals surface area contributed by atoms with Gasteiger partial charge in [-0.05, 0) is 44.4 Å². The Morgan fingerprint density at radius 2 is 2.20 bits per heavy atom. The van der Waals surface area contributed by atoms with Crippen LogP contribution in [0.2, 0.25) is 0 Å². The number of aryl methyl sites for hydroxylation is 1. The molecule has 3 atom stereocenters. The van der Waals surface area contributed by atoms with E-state index >= 15 is 0 Å². The van der Waals surface area contributed by atoms with E-state index in [1.54, 1.807) is 0 Å². The average Bonchev–Trinajstić information content (AvgIpc) is 2.48. The summed E-state index contributed by atoms with van der Waals surface area (Å²) < 4.78 is 5.71. The molecule has 110 valence electrons. The third-order valence-electron chi connectivity index (χ3n) is 4.79. The summed E-state index contributed by atoms with van der Waals surface area (Å²) >= 11 is 0. The molecule has 0 aliphatic carbocycles. The molecule has 2 aliphatic rings. The number of nitrogens with zero attached hydrogens (tertiary/aromatic N) is 1. The largest absolute Gasteiger partial charge is 0.490 e. The van der Waals surface area contributed by atoms with Crippen molar-refractivity contribution in [2.24, 2.45) is 0 Å². The minimum atomic E-state index is -0.421. The minimum Gasteiger partial charge on any atom is -0.490 e. The maximum Gasteiger partial charge on any atom is 0.124 e. The van der Waals surface area contributed by atoms with Gasteiger partial charge in [0, 0.05) is 11.6 Å². The van der Waals surface area contributed by atoms with Crippen molar-refractivity contribution in [3.8, 4) is 5.75 Å². The molecule has 1 aromatic carbocycles. The number of piperidine rings is 1. The van der Waals surface area contributed by atoms with Gasteiger partial charge in [0.25, 0.3) is 0 Å². The van der Waals surface area contributed by atoms with Gasteiger partial charge in [-0.1, -0.05) is 25.5 Å². The number of likely N-dealkylation sites (tertiary alicyclic amines) is 1. The van der Waals surface area contributed by atoms with Crippen LogP contribution in [0.15, 0.2) is 18.2 Å². The van der Waals surface area contributed by atoms with Crippen molar-refractivity contribution < 1.29 is 9.84 Å². The van der Waals surface area contributed by atoms with Gasteiger partial charge in [-0.2, -0.15) is 0 Å². The van der Waals surface area contributed by atoms with Crippen molar-refractivity contribution in [2.75, 3.05) is 13.2 Å². The molecule has 1 N–H and O–H groups in total. The zero-order valence-corrected chi connectivity index (χ0v) is 12.5. The predicted octanol–water partition coefficient (Wildman–Crippen LogP) is 2.92. The smallest absolute Gasteiger partial charge is 0.124 e. The van der Waals surface area contributed by atoms with Gasteiger partial charge in [-0.15, -0.1) is 0 Å². The summed E-state index contributed by atoms with van der Waals surface area (Å²) in [5.74, 6) is 0.954. The molecule has 2 aliphatic heterocycles. The molecule has 0 saturated carbocycles. The normalized spacial score (nSPS) is 30.6. The van der Waals surface area contributed by atoms with Crippen LogP contribution in [0.4, 0.5) is 0 Å². The molecule has 2 heterocycles. The molecule has 1 fully saturated rings. The number of rotatable bonds is 2. The molecule has 3 rings (SSSR count). The van der Waals surface area contributed by atoms with Crippen LogP contribution in [0, 0.1) is 0 Å². The molecule has 0 aromatic heterocycles. The summed E-state index contributed by atoms with van der Waals surface area (Å²) in [5.41, 5.74) is 2.49. The number of ether oxygens (including phenoxy) is 1. The summed E-state index contributed by atoms with van der Waals surface area (Å²) in [6.45, 7) is 5.94. The van der Waals surface area contributed by atoms with Crippen LogP contribution in [0.3, 0.4) is 0 Å². The lowest BCUT2D eigenvalue weighted by Gasteiger charge is -2.44. The van der Waals surface area contributed by atoms with Crippen molar-refractivity contribution in [1.82, 2.24) is 4.90 Å². The second kappa shape index (κ2) is 5.74. The number of hydrogen-bond acceptors (Lipinski definition) is 3. The molecule has 3 nitrogen and oxygen atoms in total. The molecule has 20 heavy (non-hydrogen) atoms. The first-order valence-corrected chi connectivity index (χ1v) is 7.90. The summed E-state index contributed by atoms with van der Waals surface area (Å²) in [6, 6.07) is 7.07. The first-order chi connectivity index (χ1) is 9.70. The fraction of sp³-hybridized carbons (Fsp3) is 0.647. The van der Waals surface area contributed by atoms with Gasteiger partial charge in [0.05, 0.1) is 6.04 Å². The lowest BCUT2D eigenvalue weighted by atomic mass is 9.90. The lowest BCUT2D eigenvalue weighted by Crippen LogP contribution is -2.48. The number of hydrogen-bond donors (Lipinski definition) is 1. The topological polar surface area (TPSA) is 32.7 Å². The zero-order chi connectivity index (χ0) is 14.1. The van der Waals surface area contributed by atoms with Gasteiger partial charge in [0.2, 0.25) is 0 Å². The standard InChI is InChI=1S/C17H25NO2/c1-3-13-7-8-16-14(10-13)17(15(19)11-20-16)18-9-5-4-6-12(18)2/h7-8,10,12,15,17,19H,3-6,9,11H2,1-2H3. The Morgan fingerprint density at radius 3 is 2.95 bits per heavy atom. The average molecular weight is 275 g/mol. The van der Waals surface area contributed by atoms with E-state index in [0.717, 1.165) is 18.7 Å². The van der Waals surface area contributed by atoms with Gasteiger partial charge >= 0.3 is 0 Å². The molecular formula is C17H25NO2. The third kappa shape index (κ3) is 2.45. The quantitative estimate of drug-likeness (QED) is 0.901. The Balaban J connectivity index is 1.97. The fourth-order valence-electron chi connectivity index (χ4n) is 3.59. The predicted molar refractivity (Wildman–Crippen MR) is 80.1 cm³/mol. The molecular weight excluding hydrogens is 250 g/mol. The van der Waals surface area contributed by atoms with E-state index in [2.05, 4.69) is 36.9 Å². The molecule has 1 aromatic rings. The van der Waals surface area contributed by atoms with Crippen molar-refractivity contribution in [2.45, 2.75) is 57.7 Å². The summed E-state index contributed by atoms with van der Waals surface area (Å²) in [5, 5.41) is 10.5. The van der Waals surface area contributed by atoms with E-state index < -0.39 is 6.10 Å².